The Morgan fingerprint density at radius 1 is 1.20 bits per heavy atom. The molecule has 164 valence electrons. The number of amidine groups is 1. The van der Waals surface area contributed by atoms with Crippen LogP contribution in [0.2, 0.25) is 0 Å². The van der Waals surface area contributed by atoms with Crippen LogP contribution in [0, 0.1) is 19.8 Å². The smallest absolute Gasteiger partial charge is 0.145 e. The van der Waals surface area contributed by atoms with Gasteiger partial charge in [-0.25, -0.2) is 4.31 Å². The lowest BCUT2D eigenvalue weighted by molar-refractivity contribution is -0.114. The number of aldehydes is 1. The zero-order valence-corrected chi connectivity index (χ0v) is 19.4. The summed E-state index contributed by atoms with van der Waals surface area (Å²) in [6, 6.07) is 4.03. The SMILES string of the molecule is CN=C(NC1(C=O)CCN(S/C=C/c2c(C)cc(N)cc2C)CC1)C1CCCCC1. The van der Waals surface area contributed by atoms with Gasteiger partial charge in [0.15, 0.2) is 0 Å². The second-order valence-electron chi connectivity index (χ2n) is 8.75. The van der Waals surface area contributed by atoms with Crippen LogP contribution in [0.1, 0.15) is 61.6 Å². The molecule has 1 aliphatic carbocycles. The average molecular weight is 429 g/mol. The van der Waals surface area contributed by atoms with Crippen molar-refractivity contribution in [3.05, 3.63) is 34.2 Å². The normalized spacial score (nSPS) is 21.1. The van der Waals surface area contributed by atoms with E-state index in [1.54, 1.807) is 11.9 Å². The number of rotatable bonds is 6. The largest absolute Gasteiger partial charge is 0.399 e. The second-order valence-corrected chi connectivity index (χ2v) is 9.75. The number of benzene rings is 1. The molecule has 0 unspecified atom stereocenters. The third-order valence-electron chi connectivity index (χ3n) is 6.51. The monoisotopic (exact) mass is 428 g/mol. The Morgan fingerprint density at radius 3 is 2.40 bits per heavy atom. The Morgan fingerprint density at radius 2 is 1.83 bits per heavy atom. The van der Waals surface area contributed by atoms with Gasteiger partial charge in [0.2, 0.25) is 0 Å². The number of aryl methyl sites for hydroxylation is 2. The van der Waals surface area contributed by atoms with Crippen LogP contribution in [0.5, 0.6) is 0 Å². The third kappa shape index (κ3) is 5.67. The molecule has 1 heterocycles. The van der Waals surface area contributed by atoms with Gasteiger partial charge < -0.3 is 15.8 Å². The maximum Gasteiger partial charge on any atom is 0.145 e. The number of carbonyl (C=O) groups is 1. The minimum atomic E-state index is -0.475. The molecule has 1 saturated heterocycles. The zero-order chi connectivity index (χ0) is 21.6. The molecule has 3 N–H and O–H groups in total. The van der Waals surface area contributed by atoms with E-state index in [-0.39, 0.29) is 0 Å². The molecule has 30 heavy (non-hydrogen) atoms. The number of aliphatic imine (C=N–C) groups is 1. The first kappa shape index (κ1) is 22.9. The number of hydrogen-bond acceptors (Lipinski definition) is 5. The van der Waals surface area contributed by atoms with Crippen molar-refractivity contribution in [3.63, 3.8) is 0 Å². The molecule has 0 aromatic heterocycles. The molecule has 0 bridgehead atoms. The number of piperidine rings is 1. The lowest BCUT2D eigenvalue weighted by Gasteiger charge is -2.40. The average Bonchev–Trinajstić information content (AvgIpc) is 2.75. The fraction of sp³-hybridized carbons (Fsp3) is 0.583. The van der Waals surface area contributed by atoms with E-state index in [1.165, 1.54) is 48.8 Å². The van der Waals surface area contributed by atoms with E-state index < -0.39 is 5.54 Å². The maximum absolute atomic E-state index is 12.1. The Balaban J connectivity index is 1.55. The summed E-state index contributed by atoms with van der Waals surface area (Å²) in [5, 5.41) is 5.72. The van der Waals surface area contributed by atoms with Crippen LogP contribution in [0.4, 0.5) is 5.69 Å². The summed E-state index contributed by atoms with van der Waals surface area (Å²) in [4.78, 5) is 16.6. The van der Waals surface area contributed by atoms with Crippen LogP contribution < -0.4 is 11.1 Å². The van der Waals surface area contributed by atoms with Crippen LogP contribution >= 0.6 is 11.9 Å². The third-order valence-corrected chi connectivity index (χ3v) is 7.43. The molecule has 5 nitrogen and oxygen atoms in total. The van der Waals surface area contributed by atoms with E-state index >= 15 is 0 Å². The molecule has 1 aromatic carbocycles. The van der Waals surface area contributed by atoms with Crippen LogP contribution in [0.25, 0.3) is 6.08 Å². The summed E-state index contributed by atoms with van der Waals surface area (Å²) in [6.45, 7) is 5.94. The first-order chi connectivity index (χ1) is 14.5. The van der Waals surface area contributed by atoms with Gasteiger partial charge in [0.1, 0.15) is 6.29 Å². The van der Waals surface area contributed by atoms with Gasteiger partial charge in [0.25, 0.3) is 0 Å². The van der Waals surface area contributed by atoms with Crippen LogP contribution in [-0.4, -0.2) is 42.1 Å². The molecule has 1 saturated carbocycles. The van der Waals surface area contributed by atoms with Gasteiger partial charge in [-0.05, 0) is 79.8 Å². The van der Waals surface area contributed by atoms with Crippen molar-refractivity contribution >= 4 is 35.8 Å². The summed E-state index contributed by atoms with van der Waals surface area (Å²) in [6.07, 6.45) is 11.1. The van der Waals surface area contributed by atoms with E-state index in [9.17, 15) is 4.79 Å². The van der Waals surface area contributed by atoms with Gasteiger partial charge in [0, 0.05) is 31.7 Å². The van der Waals surface area contributed by atoms with Crippen LogP contribution in [0.3, 0.4) is 0 Å². The molecule has 0 radical (unpaired) electrons. The summed E-state index contributed by atoms with van der Waals surface area (Å²) < 4.78 is 2.34. The van der Waals surface area contributed by atoms with Crippen molar-refractivity contribution in [2.75, 3.05) is 25.9 Å². The van der Waals surface area contributed by atoms with E-state index in [4.69, 9.17) is 5.73 Å². The minimum Gasteiger partial charge on any atom is -0.399 e. The maximum atomic E-state index is 12.1. The fourth-order valence-corrected chi connectivity index (χ4v) is 5.45. The first-order valence-electron chi connectivity index (χ1n) is 11.1. The predicted octanol–water partition coefficient (Wildman–Crippen LogP) is 4.74. The highest BCUT2D eigenvalue weighted by molar-refractivity contribution is 8.00. The molecular formula is C24H36N4OS. The van der Waals surface area contributed by atoms with Crippen LogP contribution in [0.15, 0.2) is 22.5 Å². The lowest BCUT2D eigenvalue weighted by atomic mass is 9.85. The topological polar surface area (TPSA) is 70.7 Å². The molecule has 0 atom stereocenters. The van der Waals surface area contributed by atoms with Crippen molar-refractivity contribution in [2.45, 2.75) is 64.3 Å². The van der Waals surface area contributed by atoms with Crippen molar-refractivity contribution in [2.24, 2.45) is 10.9 Å². The van der Waals surface area contributed by atoms with Gasteiger partial charge in [-0.15, -0.1) is 0 Å². The molecule has 6 heteroatoms. The van der Waals surface area contributed by atoms with Crippen molar-refractivity contribution in [3.8, 4) is 0 Å². The van der Waals surface area contributed by atoms with E-state index in [2.05, 4.69) is 39.9 Å². The summed E-state index contributed by atoms with van der Waals surface area (Å²) in [5.74, 6) is 1.53. The molecule has 1 aliphatic heterocycles. The summed E-state index contributed by atoms with van der Waals surface area (Å²) >= 11 is 1.73. The molecule has 3 rings (SSSR count). The molecule has 0 spiro atoms. The Bertz CT molecular complexity index is 767. The molecule has 2 fully saturated rings. The van der Waals surface area contributed by atoms with E-state index in [0.29, 0.717) is 5.92 Å². The number of hydrogen-bond donors (Lipinski definition) is 2. The summed E-state index contributed by atoms with van der Waals surface area (Å²) in [5.41, 5.74) is 9.88. The number of carbonyl (C=O) groups excluding carboxylic acids is 1. The highest BCUT2D eigenvalue weighted by atomic mass is 32.2. The quantitative estimate of drug-likeness (QED) is 0.225. The number of nitrogens with two attached hydrogens (primary N) is 1. The Hall–Kier alpha value is -1.79. The molecule has 0 amide bonds. The fourth-order valence-electron chi connectivity index (χ4n) is 4.69. The summed E-state index contributed by atoms with van der Waals surface area (Å²) in [7, 11) is 1.85. The standard InChI is InChI=1S/C24H36N4OS/c1-18-15-21(25)16-19(2)22(18)9-14-30-28-12-10-24(17-29,11-13-28)27-23(26-3)20-7-5-4-6-8-20/h9,14-17,20H,4-8,10-13,25H2,1-3H3,(H,26,27)/b14-9+. The van der Waals surface area contributed by atoms with Gasteiger partial charge in [-0.1, -0.05) is 31.2 Å². The predicted molar refractivity (Wildman–Crippen MR) is 130 cm³/mol. The van der Waals surface area contributed by atoms with Crippen molar-refractivity contribution < 1.29 is 4.79 Å². The molecule has 2 aliphatic rings. The van der Waals surface area contributed by atoms with Crippen molar-refractivity contribution in [1.29, 1.82) is 0 Å². The van der Waals surface area contributed by atoms with Gasteiger partial charge in [0.05, 0.1) is 11.4 Å². The Kier molecular flexibility index (Phi) is 8.00. The highest BCUT2D eigenvalue weighted by Crippen LogP contribution is 2.30. The number of nitrogens with one attached hydrogen (secondary N) is 1. The van der Waals surface area contributed by atoms with Crippen LogP contribution in [-0.2, 0) is 4.79 Å². The van der Waals surface area contributed by atoms with Gasteiger partial charge >= 0.3 is 0 Å². The second kappa shape index (κ2) is 10.5. The lowest BCUT2D eigenvalue weighted by Crippen LogP contribution is -2.56. The van der Waals surface area contributed by atoms with Gasteiger partial charge in [-0.2, -0.15) is 0 Å². The number of anilines is 1. The number of nitrogen functional groups attached to an aromatic ring is 1. The zero-order valence-electron chi connectivity index (χ0n) is 18.6. The Labute approximate surface area is 185 Å². The number of nitrogens with zero attached hydrogens (tertiary/aromatic N) is 2. The van der Waals surface area contributed by atoms with Crippen molar-refractivity contribution in [1.82, 2.24) is 9.62 Å². The van der Waals surface area contributed by atoms with E-state index in [1.807, 2.05) is 19.2 Å². The first-order valence-corrected chi connectivity index (χ1v) is 12.0. The minimum absolute atomic E-state index is 0.475. The molecular weight excluding hydrogens is 392 g/mol. The highest BCUT2D eigenvalue weighted by Gasteiger charge is 2.36. The van der Waals surface area contributed by atoms with E-state index in [0.717, 1.165) is 43.7 Å². The molecule has 1 aromatic rings. The van der Waals surface area contributed by atoms with Gasteiger partial charge in [-0.3, -0.25) is 4.99 Å².